The highest BCUT2D eigenvalue weighted by Gasteiger charge is 2.33. The molecule has 0 aliphatic carbocycles. The standard InChI is InChI=1S/C22H16ClF3N4O3/c1-33-15-5-2-13(3-6-15)18-11-19-21(32)29(8-9-30(19)28-18)12-20(31)27-14-4-7-17(23)16(10-14)22(24,25)26/h2-11H,12H2,1H3,(H,27,31). The molecule has 2 aromatic heterocycles. The van der Waals surface area contributed by atoms with Gasteiger partial charge < -0.3 is 14.6 Å². The van der Waals surface area contributed by atoms with E-state index in [-0.39, 0.29) is 11.2 Å². The van der Waals surface area contributed by atoms with Gasteiger partial charge in [-0.2, -0.15) is 18.3 Å². The van der Waals surface area contributed by atoms with Gasteiger partial charge in [0.25, 0.3) is 5.56 Å². The fourth-order valence-corrected chi connectivity index (χ4v) is 3.45. The summed E-state index contributed by atoms with van der Waals surface area (Å²) < 4.78 is 46.7. The number of hydrogen-bond donors (Lipinski definition) is 1. The van der Waals surface area contributed by atoms with E-state index in [4.69, 9.17) is 16.3 Å². The van der Waals surface area contributed by atoms with Gasteiger partial charge in [-0.1, -0.05) is 11.6 Å². The monoisotopic (exact) mass is 476 g/mol. The number of carbonyl (C=O) groups excluding carboxylic acids is 1. The Morgan fingerprint density at radius 1 is 1.12 bits per heavy atom. The minimum atomic E-state index is -4.66. The van der Waals surface area contributed by atoms with E-state index in [0.29, 0.717) is 11.4 Å². The Hall–Kier alpha value is -3.79. The van der Waals surface area contributed by atoms with E-state index in [0.717, 1.165) is 22.3 Å². The third kappa shape index (κ3) is 4.70. The van der Waals surface area contributed by atoms with Crippen molar-refractivity contribution in [2.45, 2.75) is 12.7 Å². The van der Waals surface area contributed by atoms with Crippen molar-refractivity contribution in [3.63, 3.8) is 0 Å². The van der Waals surface area contributed by atoms with E-state index in [1.807, 2.05) is 0 Å². The number of fused-ring (bicyclic) bond motifs is 1. The Morgan fingerprint density at radius 2 is 1.85 bits per heavy atom. The molecule has 0 radical (unpaired) electrons. The van der Waals surface area contributed by atoms with Gasteiger partial charge in [0.05, 0.1) is 23.4 Å². The van der Waals surface area contributed by atoms with Crippen LogP contribution in [0.25, 0.3) is 16.8 Å². The summed E-state index contributed by atoms with van der Waals surface area (Å²) in [6, 6.07) is 11.8. The third-order valence-corrected chi connectivity index (χ3v) is 5.19. The van der Waals surface area contributed by atoms with Gasteiger partial charge in [0.1, 0.15) is 17.8 Å². The summed E-state index contributed by atoms with van der Waals surface area (Å²) >= 11 is 5.59. The molecule has 1 amide bonds. The first-order valence-corrected chi connectivity index (χ1v) is 9.93. The number of aromatic nitrogens is 3. The van der Waals surface area contributed by atoms with E-state index in [2.05, 4.69) is 10.4 Å². The van der Waals surface area contributed by atoms with Crippen LogP contribution in [0.4, 0.5) is 18.9 Å². The Balaban J connectivity index is 1.56. The Labute approximate surface area is 190 Å². The van der Waals surface area contributed by atoms with Crippen molar-refractivity contribution in [2.75, 3.05) is 12.4 Å². The zero-order chi connectivity index (χ0) is 23.8. The average Bonchev–Trinajstić information content (AvgIpc) is 3.21. The summed E-state index contributed by atoms with van der Waals surface area (Å²) in [6.45, 7) is -0.400. The highest BCUT2D eigenvalue weighted by molar-refractivity contribution is 6.31. The van der Waals surface area contributed by atoms with Crippen LogP contribution in [0.3, 0.4) is 0 Å². The number of rotatable bonds is 5. The van der Waals surface area contributed by atoms with E-state index >= 15 is 0 Å². The molecule has 2 heterocycles. The maximum Gasteiger partial charge on any atom is 0.417 e. The van der Waals surface area contributed by atoms with Crippen LogP contribution in [-0.4, -0.2) is 27.2 Å². The van der Waals surface area contributed by atoms with Gasteiger partial charge in [0.2, 0.25) is 5.91 Å². The first-order valence-electron chi connectivity index (χ1n) is 9.55. The van der Waals surface area contributed by atoms with Gasteiger partial charge in [0, 0.05) is 23.6 Å². The molecule has 0 aliphatic rings. The number of halogens is 4. The maximum atomic E-state index is 13.0. The van der Waals surface area contributed by atoms with E-state index in [1.165, 1.54) is 23.0 Å². The number of anilines is 1. The molecule has 0 aliphatic heterocycles. The summed E-state index contributed by atoms with van der Waals surface area (Å²) in [6.07, 6.45) is -1.77. The zero-order valence-corrected chi connectivity index (χ0v) is 17.8. The Kier molecular flexibility index (Phi) is 5.86. The highest BCUT2D eigenvalue weighted by atomic mass is 35.5. The SMILES string of the molecule is COc1ccc(-c2cc3c(=O)n(CC(=O)Nc4ccc(Cl)c(C(F)(F)F)c4)ccn3n2)cc1. The van der Waals surface area contributed by atoms with E-state index in [9.17, 15) is 22.8 Å². The first-order chi connectivity index (χ1) is 15.7. The average molecular weight is 477 g/mol. The van der Waals surface area contributed by atoms with E-state index in [1.54, 1.807) is 37.4 Å². The summed E-state index contributed by atoms with van der Waals surface area (Å²) in [5, 5.41) is 6.25. The van der Waals surface area contributed by atoms with Crippen LogP contribution >= 0.6 is 11.6 Å². The van der Waals surface area contributed by atoms with Crippen LogP contribution in [0, 0.1) is 0 Å². The fraction of sp³-hybridized carbons (Fsp3) is 0.136. The van der Waals surface area contributed by atoms with Crippen molar-refractivity contribution < 1.29 is 22.7 Å². The second kappa shape index (κ2) is 8.62. The third-order valence-electron chi connectivity index (χ3n) is 4.86. The second-order valence-corrected chi connectivity index (χ2v) is 7.47. The van der Waals surface area contributed by atoms with Gasteiger partial charge in [-0.05, 0) is 48.5 Å². The molecule has 0 unspecified atom stereocenters. The molecule has 1 N–H and O–H groups in total. The number of ether oxygens (including phenoxy) is 1. The summed E-state index contributed by atoms with van der Waals surface area (Å²) in [5.41, 5.74) is -0.0685. The fourth-order valence-electron chi connectivity index (χ4n) is 3.23. The van der Waals surface area contributed by atoms with E-state index < -0.39 is 34.8 Å². The number of carbonyl (C=O) groups is 1. The minimum absolute atomic E-state index is 0.0861. The zero-order valence-electron chi connectivity index (χ0n) is 17.1. The van der Waals surface area contributed by atoms with Crippen LogP contribution in [0.15, 0.2) is 65.7 Å². The van der Waals surface area contributed by atoms with Gasteiger partial charge in [-0.25, -0.2) is 4.52 Å². The number of amides is 1. The molecular formula is C22H16ClF3N4O3. The number of hydrogen-bond acceptors (Lipinski definition) is 4. The molecule has 4 aromatic rings. The topological polar surface area (TPSA) is 77.6 Å². The largest absolute Gasteiger partial charge is 0.497 e. The van der Waals surface area contributed by atoms with Crippen LogP contribution in [0.1, 0.15) is 5.56 Å². The number of nitrogens with one attached hydrogen (secondary N) is 1. The van der Waals surface area contributed by atoms with Gasteiger partial charge in [-0.15, -0.1) is 0 Å². The van der Waals surface area contributed by atoms with Crippen LogP contribution in [-0.2, 0) is 17.5 Å². The summed E-state index contributed by atoms with van der Waals surface area (Å²) in [7, 11) is 1.56. The molecule has 0 fully saturated rings. The number of alkyl halides is 3. The minimum Gasteiger partial charge on any atom is -0.497 e. The Morgan fingerprint density at radius 3 is 2.52 bits per heavy atom. The van der Waals surface area contributed by atoms with Crippen molar-refractivity contribution in [1.82, 2.24) is 14.2 Å². The molecule has 0 saturated carbocycles. The maximum absolute atomic E-state index is 13.0. The number of methoxy groups -OCH3 is 1. The van der Waals surface area contributed by atoms with Crippen molar-refractivity contribution >= 4 is 28.7 Å². The lowest BCUT2D eigenvalue weighted by Crippen LogP contribution is -2.28. The molecule has 11 heteroatoms. The first kappa shape index (κ1) is 22.4. The van der Waals surface area contributed by atoms with Crippen molar-refractivity contribution in [3.05, 3.63) is 81.9 Å². The molecule has 2 aromatic carbocycles. The molecular weight excluding hydrogens is 461 g/mol. The number of nitrogens with zero attached hydrogens (tertiary/aromatic N) is 3. The van der Waals surface area contributed by atoms with Crippen molar-refractivity contribution in [1.29, 1.82) is 0 Å². The molecule has 0 bridgehead atoms. The van der Waals surface area contributed by atoms with Crippen LogP contribution < -0.4 is 15.6 Å². The molecule has 33 heavy (non-hydrogen) atoms. The molecule has 170 valence electrons. The van der Waals surface area contributed by atoms with Crippen molar-refractivity contribution in [3.8, 4) is 17.0 Å². The lowest BCUT2D eigenvalue weighted by Gasteiger charge is -2.12. The Bertz CT molecular complexity index is 1400. The predicted octanol–water partition coefficient (Wildman–Crippen LogP) is 4.48. The number of benzene rings is 2. The quantitative estimate of drug-likeness (QED) is 0.460. The normalized spacial score (nSPS) is 11.5. The highest BCUT2D eigenvalue weighted by Crippen LogP contribution is 2.36. The predicted molar refractivity (Wildman–Crippen MR) is 117 cm³/mol. The summed E-state index contributed by atoms with van der Waals surface area (Å²) in [5.74, 6) is 0.00529. The molecule has 4 rings (SSSR count). The van der Waals surface area contributed by atoms with Gasteiger partial charge in [0.15, 0.2) is 0 Å². The van der Waals surface area contributed by atoms with Gasteiger partial charge in [-0.3, -0.25) is 9.59 Å². The van der Waals surface area contributed by atoms with Crippen LogP contribution in [0.5, 0.6) is 5.75 Å². The van der Waals surface area contributed by atoms with Crippen molar-refractivity contribution in [2.24, 2.45) is 0 Å². The molecule has 0 spiro atoms. The van der Waals surface area contributed by atoms with Crippen LogP contribution in [0.2, 0.25) is 5.02 Å². The smallest absolute Gasteiger partial charge is 0.417 e. The second-order valence-electron chi connectivity index (χ2n) is 7.06. The lowest BCUT2D eigenvalue weighted by molar-refractivity contribution is -0.137. The molecule has 0 saturated heterocycles. The molecule has 7 nitrogen and oxygen atoms in total. The molecule has 0 atom stereocenters. The van der Waals surface area contributed by atoms with Gasteiger partial charge >= 0.3 is 6.18 Å². The summed E-state index contributed by atoms with van der Waals surface area (Å²) in [4.78, 5) is 25.2. The lowest BCUT2D eigenvalue weighted by atomic mass is 10.1.